The van der Waals surface area contributed by atoms with Crippen molar-refractivity contribution < 1.29 is 18.7 Å². The van der Waals surface area contributed by atoms with Gasteiger partial charge in [-0.1, -0.05) is 6.07 Å². The Bertz CT molecular complexity index is 625. The summed E-state index contributed by atoms with van der Waals surface area (Å²) in [6, 6.07) is 4.67. The predicted octanol–water partition coefficient (Wildman–Crippen LogP) is 3.97. The molecule has 4 nitrogen and oxygen atoms in total. The van der Waals surface area contributed by atoms with Gasteiger partial charge in [-0.15, -0.1) is 0 Å². The maximum absolute atomic E-state index is 13.4. The highest BCUT2D eigenvalue weighted by Gasteiger charge is 2.49. The van der Waals surface area contributed by atoms with E-state index in [1.54, 1.807) is 11.0 Å². The van der Waals surface area contributed by atoms with Crippen LogP contribution >= 0.6 is 0 Å². The third-order valence-corrected chi connectivity index (χ3v) is 4.65. The Kier molecular flexibility index (Phi) is 3.87. The first kappa shape index (κ1) is 16.2. The van der Waals surface area contributed by atoms with Crippen molar-refractivity contribution in [3.05, 3.63) is 35.1 Å². The van der Waals surface area contributed by atoms with E-state index in [1.165, 1.54) is 12.1 Å². The zero-order chi connectivity index (χ0) is 16.8. The number of fused-ring (bicyclic) bond motifs is 1. The van der Waals surface area contributed by atoms with Gasteiger partial charge in [0.2, 0.25) is 0 Å². The maximum Gasteiger partial charge on any atom is 0.410 e. The van der Waals surface area contributed by atoms with E-state index in [0.29, 0.717) is 13.2 Å². The zero-order valence-corrected chi connectivity index (χ0v) is 14.2. The summed E-state index contributed by atoms with van der Waals surface area (Å²) in [6.45, 7) is 8.62. The van der Waals surface area contributed by atoms with E-state index in [9.17, 15) is 9.18 Å². The average molecular weight is 321 g/mol. The van der Waals surface area contributed by atoms with Crippen molar-refractivity contribution in [3.8, 4) is 0 Å². The van der Waals surface area contributed by atoms with Crippen molar-refractivity contribution in [1.82, 2.24) is 4.90 Å². The van der Waals surface area contributed by atoms with Crippen molar-refractivity contribution in [1.29, 1.82) is 0 Å². The first-order chi connectivity index (χ1) is 10.7. The third-order valence-electron chi connectivity index (χ3n) is 4.65. The maximum atomic E-state index is 13.4. The number of rotatable bonds is 1. The van der Waals surface area contributed by atoms with Crippen molar-refractivity contribution in [2.75, 3.05) is 6.54 Å². The molecule has 0 aliphatic carbocycles. The van der Waals surface area contributed by atoms with E-state index in [0.717, 1.165) is 24.0 Å². The molecular weight excluding hydrogens is 297 g/mol. The molecule has 0 aromatic heterocycles. The predicted molar refractivity (Wildman–Crippen MR) is 84.5 cm³/mol. The average Bonchev–Trinajstić information content (AvgIpc) is 3.03. The minimum absolute atomic E-state index is 0.0935. The van der Waals surface area contributed by atoms with Gasteiger partial charge in [0, 0.05) is 6.54 Å². The Hall–Kier alpha value is -1.62. The number of hydrogen-bond donors (Lipinski definition) is 0. The lowest BCUT2D eigenvalue weighted by molar-refractivity contribution is -0.0785. The van der Waals surface area contributed by atoms with Crippen molar-refractivity contribution in [2.45, 2.75) is 64.4 Å². The number of ether oxygens (including phenoxy) is 2. The largest absolute Gasteiger partial charge is 0.444 e. The lowest BCUT2D eigenvalue weighted by atomic mass is 9.86. The number of likely N-dealkylation sites (tertiary alicyclic amines) is 1. The summed E-state index contributed by atoms with van der Waals surface area (Å²) in [5.41, 5.74) is 0.696. The minimum Gasteiger partial charge on any atom is -0.444 e. The fourth-order valence-electron chi connectivity index (χ4n) is 3.63. The second-order valence-electron chi connectivity index (χ2n) is 7.53. The number of hydrogen-bond acceptors (Lipinski definition) is 3. The Morgan fingerprint density at radius 1 is 1.43 bits per heavy atom. The molecule has 1 amide bonds. The van der Waals surface area contributed by atoms with E-state index in [-0.39, 0.29) is 18.0 Å². The second kappa shape index (κ2) is 5.48. The summed E-state index contributed by atoms with van der Waals surface area (Å²) < 4.78 is 25.0. The van der Waals surface area contributed by atoms with Crippen LogP contribution in [0.3, 0.4) is 0 Å². The van der Waals surface area contributed by atoms with E-state index in [1.807, 2.05) is 27.7 Å². The molecule has 5 heteroatoms. The fraction of sp³-hybridized carbons (Fsp3) is 0.611. The Morgan fingerprint density at radius 3 is 2.87 bits per heavy atom. The summed E-state index contributed by atoms with van der Waals surface area (Å²) in [6.07, 6.45) is 1.46. The van der Waals surface area contributed by atoms with Gasteiger partial charge in [-0.3, -0.25) is 0 Å². The smallest absolute Gasteiger partial charge is 0.410 e. The Balaban J connectivity index is 1.88. The van der Waals surface area contributed by atoms with E-state index < -0.39 is 11.2 Å². The number of benzene rings is 1. The summed E-state index contributed by atoms with van der Waals surface area (Å²) in [4.78, 5) is 14.3. The molecule has 2 aliphatic rings. The third kappa shape index (κ3) is 2.94. The molecule has 2 atom stereocenters. The highest BCUT2D eigenvalue weighted by molar-refractivity contribution is 5.69. The summed E-state index contributed by atoms with van der Waals surface area (Å²) in [5, 5.41) is 0. The van der Waals surface area contributed by atoms with Crippen LogP contribution in [0, 0.1) is 5.82 Å². The SMILES string of the molecule is CC(C)(C)OC(=O)N1CCC[C@@H]1[C@@]1(C)OCc2cc(F)ccc21. The van der Waals surface area contributed by atoms with Gasteiger partial charge < -0.3 is 14.4 Å². The molecule has 1 aromatic rings. The number of carbonyl (C=O) groups is 1. The topological polar surface area (TPSA) is 38.8 Å². The highest BCUT2D eigenvalue weighted by Crippen LogP contribution is 2.44. The van der Waals surface area contributed by atoms with Gasteiger partial charge in [0.1, 0.15) is 17.0 Å². The molecule has 1 aromatic carbocycles. The minimum atomic E-state index is -0.615. The molecule has 2 aliphatic heterocycles. The molecule has 126 valence electrons. The van der Waals surface area contributed by atoms with Crippen LogP contribution in [-0.2, 0) is 21.7 Å². The molecule has 0 bridgehead atoms. The molecule has 1 fully saturated rings. The number of halogens is 1. The molecule has 0 spiro atoms. The van der Waals surface area contributed by atoms with Gasteiger partial charge >= 0.3 is 6.09 Å². The molecular formula is C18H24FNO3. The van der Waals surface area contributed by atoms with Crippen LogP contribution in [-0.4, -0.2) is 29.2 Å². The standard InChI is InChI=1S/C18H24FNO3/c1-17(2,3)23-16(21)20-9-5-6-15(20)18(4)14-8-7-13(19)10-12(14)11-22-18/h7-8,10,15H,5-6,9,11H2,1-4H3/t15-,18+/m1/s1. The van der Waals surface area contributed by atoms with Crippen LogP contribution < -0.4 is 0 Å². The van der Waals surface area contributed by atoms with Crippen LogP contribution in [0.1, 0.15) is 51.7 Å². The molecule has 0 unspecified atom stereocenters. The highest BCUT2D eigenvalue weighted by atomic mass is 19.1. The quantitative estimate of drug-likeness (QED) is 0.785. The zero-order valence-electron chi connectivity index (χ0n) is 14.2. The van der Waals surface area contributed by atoms with E-state index in [2.05, 4.69) is 0 Å². The van der Waals surface area contributed by atoms with Crippen LogP contribution in [0.2, 0.25) is 0 Å². The van der Waals surface area contributed by atoms with Gasteiger partial charge in [0.25, 0.3) is 0 Å². The van der Waals surface area contributed by atoms with Crippen molar-refractivity contribution in [2.24, 2.45) is 0 Å². The van der Waals surface area contributed by atoms with Gasteiger partial charge in [-0.2, -0.15) is 0 Å². The molecule has 23 heavy (non-hydrogen) atoms. The van der Waals surface area contributed by atoms with Crippen LogP contribution in [0.4, 0.5) is 9.18 Å². The second-order valence-corrected chi connectivity index (χ2v) is 7.53. The molecule has 3 rings (SSSR count). The normalized spacial score (nSPS) is 27.2. The van der Waals surface area contributed by atoms with E-state index in [4.69, 9.17) is 9.47 Å². The molecule has 1 saturated heterocycles. The molecule has 0 radical (unpaired) electrons. The number of nitrogens with zero attached hydrogens (tertiary/aromatic N) is 1. The molecule has 2 heterocycles. The van der Waals surface area contributed by atoms with Gasteiger partial charge in [-0.25, -0.2) is 9.18 Å². The first-order valence-corrected chi connectivity index (χ1v) is 8.13. The Morgan fingerprint density at radius 2 is 2.17 bits per heavy atom. The van der Waals surface area contributed by atoms with Crippen molar-refractivity contribution >= 4 is 6.09 Å². The fourth-order valence-corrected chi connectivity index (χ4v) is 3.63. The van der Waals surface area contributed by atoms with Gasteiger partial charge in [0.15, 0.2) is 0 Å². The van der Waals surface area contributed by atoms with Crippen LogP contribution in [0.25, 0.3) is 0 Å². The monoisotopic (exact) mass is 321 g/mol. The summed E-state index contributed by atoms with van der Waals surface area (Å²) in [7, 11) is 0. The van der Waals surface area contributed by atoms with Gasteiger partial charge in [-0.05, 0) is 63.8 Å². The molecule has 0 N–H and O–H groups in total. The van der Waals surface area contributed by atoms with Gasteiger partial charge in [0.05, 0.1) is 12.6 Å². The first-order valence-electron chi connectivity index (χ1n) is 8.13. The lowest BCUT2D eigenvalue weighted by Gasteiger charge is -2.38. The van der Waals surface area contributed by atoms with Crippen LogP contribution in [0.15, 0.2) is 18.2 Å². The summed E-state index contributed by atoms with van der Waals surface area (Å²) >= 11 is 0. The lowest BCUT2D eigenvalue weighted by Crippen LogP contribution is -2.49. The number of carbonyl (C=O) groups excluding carboxylic acids is 1. The Labute approximate surface area is 136 Å². The molecule has 0 saturated carbocycles. The van der Waals surface area contributed by atoms with E-state index >= 15 is 0 Å². The summed E-state index contributed by atoms with van der Waals surface area (Å²) in [5.74, 6) is -0.257. The number of amides is 1. The van der Waals surface area contributed by atoms with Crippen LogP contribution in [0.5, 0.6) is 0 Å². The van der Waals surface area contributed by atoms with Crippen molar-refractivity contribution in [3.63, 3.8) is 0 Å².